The summed E-state index contributed by atoms with van der Waals surface area (Å²) in [5, 5.41) is 0. The molecular weight excluding hydrogens is 282 g/mol. The molecule has 2 aliphatic rings. The quantitative estimate of drug-likeness (QED) is 0.785. The first-order chi connectivity index (χ1) is 9.90. The van der Waals surface area contributed by atoms with Crippen molar-refractivity contribution >= 4 is 23.3 Å². The molecule has 0 N–H and O–H groups in total. The Labute approximate surface area is 119 Å². The number of carbonyl (C=O) groups excluding carboxylic acids is 3. The van der Waals surface area contributed by atoms with E-state index in [0.29, 0.717) is 6.07 Å². The number of anilines is 1. The maximum atomic E-state index is 13.6. The molecule has 1 aliphatic heterocycles. The molecule has 1 aliphatic carbocycles. The van der Waals surface area contributed by atoms with Gasteiger partial charge in [0.05, 0.1) is 11.3 Å². The van der Waals surface area contributed by atoms with Crippen molar-refractivity contribution in [3.05, 3.63) is 29.3 Å². The van der Waals surface area contributed by atoms with Crippen molar-refractivity contribution in [1.29, 1.82) is 0 Å². The van der Waals surface area contributed by atoms with Crippen LogP contribution in [0.1, 0.15) is 23.2 Å². The van der Waals surface area contributed by atoms with Crippen LogP contribution in [0, 0.1) is 11.6 Å². The van der Waals surface area contributed by atoms with Crippen LogP contribution in [0.15, 0.2) is 12.1 Å². The molecule has 1 heterocycles. The zero-order chi connectivity index (χ0) is 15.3. The highest BCUT2D eigenvalue weighted by atomic mass is 19.1. The highest BCUT2D eigenvalue weighted by molar-refractivity contribution is 6.52. The van der Waals surface area contributed by atoms with Crippen molar-refractivity contribution in [2.24, 2.45) is 0 Å². The Morgan fingerprint density at radius 2 is 2.00 bits per heavy atom. The lowest BCUT2D eigenvalue weighted by molar-refractivity contribution is -0.130. The summed E-state index contributed by atoms with van der Waals surface area (Å²) < 4.78 is 26.9. The predicted molar refractivity (Wildman–Crippen MR) is 68.8 cm³/mol. The lowest BCUT2D eigenvalue weighted by Gasteiger charge is -2.21. The molecule has 110 valence electrons. The van der Waals surface area contributed by atoms with Crippen molar-refractivity contribution in [3.8, 4) is 0 Å². The lowest BCUT2D eigenvalue weighted by Crippen LogP contribution is -2.41. The van der Waals surface area contributed by atoms with Gasteiger partial charge in [-0.25, -0.2) is 8.78 Å². The van der Waals surface area contributed by atoms with Gasteiger partial charge in [-0.3, -0.25) is 19.3 Å². The smallest absolute Gasteiger partial charge is 0.300 e. The number of hydrogen-bond donors (Lipinski definition) is 0. The monoisotopic (exact) mass is 294 g/mol. The lowest BCUT2D eigenvalue weighted by atomic mass is 10.1. The summed E-state index contributed by atoms with van der Waals surface area (Å²) in [5.41, 5.74) is -0.650. The molecule has 21 heavy (non-hydrogen) atoms. The molecular formula is C14H12F2N2O3. The number of fused-ring (bicyclic) bond motifs is 1. The zero-order valence-electron chi connectivity index (χ0n) is 11.2. The Kier molecular flexibility index (Phi) is 3.00. The Morgan fingerprint density at radius 1 is 1.33 bits per heavy atom. The maximum Gasteiger partial charge on any atom is 0.300 e. The molecule has 2 amide bonds. The average Bonchev–Trinajstić information content (AvgIpc) is 3.22. The van der Waals surface area contributed by atoms with Crippen LogP contribution < -0.4 is 4.90 Å². The van der Waals surface area contributed by atoms with Gasteiger partial charge in [0, 0.05) is 19.2 Å². The van der Waals surface area contributed by atoms with E-state index in [1.54, 1.807) is 7.05 Å². The fourth-order valence-electron chi connectivity index (χ4n) is 2.41. The number of likely N-dealkylation sites (N-methyl/N-ethyl adjacent to an activating group) is 1. The number of hydrogen-bond acceptors (Lipinski definition) is 3. The van der Waals surface area contributed by atoms with Crippen molar-refractivity contribution in [1.82, 2.24) is 4.90 Å². The minimum absolute atomic E-state index is 0.148. The number of amides is 2. The van der Waals surface area contributed by atoms with Gasteiger partial charge >= 0.3 is 0 Å². The maximum absolute atomic E-state index is 13.6. The van der Waals surface area contributed by atoms with Crippen molar-refractivity contribution in [3.63, 3.8) is 0 Å². The second kappa shape index (κ2) is 4.61. The summed E-state index contributed by atoms with van der Waals surface area (Å²) in [6.45, 7) is -0.395. The van der Waals surface area contributed by atoms with E-state index in [1.807, 2.05) is 0 Å². The number of Topliss-reactive ketones (excluding diaryl/α,β-unsaturated/α-hetero) is 1. The molecule has 1 aromatic carbocycles. The molecule has 0 radical (unpaired) electrons. The van der Waals surface area contributed by atoms with Crippen LogP contribution in [0.25, 0.3) is 0 Å². The molecule has 7 heteroatoms. The van der Waals surface area contributed by atoms with Crippen LogP contribution in [0.4, 0.5) is 14.5 Å². The Balaban J connectivity index is 1.92. The first-order valence-electron chi connectivity index (χ1n) is 6.51. The molecule has 0 atom stereocenters. The molecule has 0 aromatic heterocycles. The van der Waals surface area contributed by atoms with Crippen LogP contribution in [0.2, 0.25) is 0 Å². The molecule has 0 spiro atoms. The number of halogens is 2. The van der Waals surface area contributed by atoms with Gasteiger partial charge in [-0.1, -0.05) is 0 Å². The van der Waals surface area contributed by atoms with Gasteiger partial charge in [0.2, 0.25) is 5.91 Å². The minimum atomic E-state index is -1.09. The van der Waals surface area contributed by atoms with Gasteiger partial charge in [0.1, 0.15) is 18.2 Å². The molecule has 1 saturated carbocycles. The summed E-state index contributed by atoms with van der Waals surface area (Å²) in [7, 11) is 1.61. The normalized spacial score (nSPS) is 17.2. The van der Waals surface area contributed by atoms with Crippen molar-refractivity contribution < 1.29 is 23.2 Å². The van der Waals surface area contributed by atoms with Crippen LogP contribution in [0.5, 0.6) is 0 Å². The third kappa shape index (κ3) is 2.18. The minimum Gasteiger partial charge on any atom is -0.341 e. The second-order valence-corrected chi connectivity index (χ2v) is 5.24. The third-order valence-corrected chi connectivity index (χ3v) is 3.77. The molecule has 3 rings (SSSR count). The SMILES string of the molecule is CN(C(=O)CN1C(=O)C(=O)c2c(F)cc(F)cc21)C1CC1. The van der Waals surface area contributed by atoms with Gasteiger partial charge in [-0.05, 0) is 18.9 Å². The van der Waals surface area contributed by atoms with Crippen molar-refractivity contribution in [2.75, 3.05) is 18.5 Å². The van der Waals surface area contributed by atoms with Gasteiger partial charge in [-0.2, -0.15) is 0 Å². The molecule has 0 bridgehead atoms. The molecule has 1 aromatic rings. The van der Waals surface area contributed by atoms with E-state index in [1.165, 1.54) is 4.90 Å². The summed E-state index contributed by atoms with van der Waals surface area (Å²) in [6.07, 6.45) is 1.80. The van der Waals surface area contributed by atoms with E-state index >= 15 is 0 Å². The second-order valence-electron chi connectivity index (χ2n) is 5.24. The van der Waals surface area contributed by atoms with E-state index in [9.17, 15) is 23.2 Å². The number of nitrogens with zero attached hydrogens (tertiary/aromatic N) is 2. The number of ketones is 1. The van der Waals surface area contributed by atoms with Gasteiger partial charge in [0.15, 0.2) is 0 Å². The Hall–Kier alpha value is -2.31. The largest absolute Gasteiger partial charge is 0.341 e. The highest BCUT2D eigenvalue weighted by Gasteiger charge is 2.41. The number of benzene rings is 1. The summed E-state index contributed by atoms with van der Waals surface area (Å²) >= 11 is 0. The molecule has 0 unspecified atom stereocenters. The fraction of sp³-hybridized carbons (Fsp3) is 0.357. The Bertz CT molecular complexity index is 670. The summed E-state index contributed by atoms with van der Waals surface area (Å²) in [5.74, 6) is -4.41. The van der Waals surface area contributed by atoms with Crippen molar-refractivity contribution in [2.45, 2.75) is 18.9 Å². The summed E-state index contributed by atoms with van der Waals surface area (Å²) in [6, 6.07) is 1.59. The Morgan fingerprint density at radius 3 is 2.62 bits per heavy atom. The average molecular weight is 294 g/mol. The number of carbonyl (C=O) groups is 3. The third-order valence-electron chi connectivity index (χ3n) is 3.77. The van der Waals surface area contributed by atoms with Crippen LogP contribution >= 0.6 is 0 Å². The zero-order valence-corrected chi connectivity index (χ0v) is 11.2. The highest BCUT2D eigenvalue weighted by Crippen LogP contribution is 2.32. The molecule has 1 fully saturated rings. The van der Waals surface area contributed by atoms with E-state index in [4.69, 9.17) is 0 Å². The van der Waals surface area contributed by atoms with Crippen LogP contribution in [-0.4, -0.2) is 42.1 Å². The first kappa shape index (κ1) is 13.7. The first-order valence-corrected chi connectivity index (χ1v) is 6.51. The molecule has 5 nitrogen and oxygen atoms in total. The van der Waals surface area contributed by atoms with E-state index in [0.717, 1.165) is 23.8 Å². The van der Waals surface area contributed by atoms with Gasteiger partial charge in [-0.15, -0.1) is 0 Å². The van der Waals surface area contributed by atoms with E-state index < -0.39 is 35.4 Å². The fourth-order valence-corrected chi connectivity index (χ4v) is 2.41. The summed E-state index contributed by atoms with van der Waals surface area (Å²) in [4.78, 5) is 38.0. The standard InChI is InChI=1S/C14H12F2N2O3/c1-17(8-2-3-8)11(19)6-18-10-5-7(15)4-9(16)12(10)13(20)14(18)21/h4-5,8H,2-3,6H2,1H3. The van der Waals surface area contributed by atoms with Gasteiger partial charge < -0.3 is 4.90 Å². The van der Waals surface area contributed by atoms with Crippen LogP contribution in [0.3, 0.4) is 0 Å². The number of rotatable bonds is 3. The van der Waals surface area contributed by atoms with E-state index in [-0.39, 0.29) is 17.6 Å². The van der Waals surface area contributed by atoms with Gasteiger partial charge in [0.25, 0.3) is 11.7 Å². The molecule has 0 saturated heterocycles. The van der Waals surface area contributed by atoms with Crippen LogP contribution in [-0.2, 0) is 9.59 Å². The topological polar surface area (TPSA) is 57.7 Å². The van der Waals surface area contributed by atoms with E-state index in [2.05, 4.69) is 0 Å². The predicted octanol–water partition coefficient (Wildman–Crippen LogP) is 1.11.